The molecule has 0 radical (unpaired) electrons. The number of anilines is 2. The van der Waals surface area contributed by atoms with Gasteiger partial charge >= 0.3 is 12.0 Å². The first kappa shape index (κ1) is 25.6. The molecule has 2 amide bonds. The number of carbonyl (C=O) groups is 2. The molecule has 0 saturated heterocycles. The predicted molar refractivity (Wildman–Crippen MR) is 142 cm³/mol. The summed E-state index contributed by atoms with van der Waals surface area (Å²) < 4.78 is 5.17. The van der Waals surface area contributed by atoms with Crippen molar-refractivity contribution in [3.05, 3.63) is 89.7 Å². The van der Waals surface area contributed by atoms with Gasteiger partial charge in [-0.2, -0.15) is 0 Å². The number of benzene rings is 3. The third-order valence-corrected chi connectivity index (χ3v) is 5.61. The van der Waals surface area contributed by atoms with Crippen molar-refractivity contribution in [3.8, 4) is 11.1 Å². The molecule has 3 rings (SSSR count). The van der Waals surface area contributed by atoms with Gasteiger partial charge in [0.1, 0.15) is 0 Å². The Morgan fingerprint density at radius 3 is 2.31 bits per heavy atom. The lowest BCUT2D eigenvalue weighted by Gasteiger charge is -2.19. The van der Waals surface area contributed by atoms with Crippen LogP contribution >= 0.6 is 0 Å². The summed E-state index contributed by atoms with van der Waals surface area (Å²) in [6.45, 7) is 4.20. The number of ether oxygens (including phenoxy) is 1. The minimum atomic E-state index is -1.10. The average Bonchev–Trinajstić information content (AvgIpc) is 2.88. The van der Waals surface area contributed by atoms with E-state index in [4.69, 9.17) is 4.74 Å². The van der Waals surface area contributed by atoms with Crippen LogP contribution in [0.2, 0.25) is 0 Å². The van der Waals surface area contributed by atoms with Crippen LogP contribution in [0.25, 0.3) is 17.2 Å². The van der Waals surface area contributed by atoms with E-state index in [0.29, 0.717) is 0 Å². The molecule has 0 fully saturated rings. The van der Waals surface area contributed by atoms with Gasteiger partial charge in [-0.15, -0.1) is 0 Å². The highest BCUT2D eigenvalue weighted by Gasteiger charge is 2.12. The highest BCUT2D eigenvalue weighted by Crippen LogP contribution is 2.26. The van der Waals surface area contributed by atoms with E-state index in [9.17, 15) is 14.7 Å². The van der Waals surface area contributed by atoms with Crippen LogP contribution in [0.5, 0.6) is 0 Å². The van der Waals surface area contributed by atoms with Crippen molar-refractivity contribution in [1.82, 2.24) is 0 Å². The fraction of sp³-hybridized carbons (Fsp3) is 0.241. The summed E-state index contributed by atoms with van der Waals surface area (Å²) in [5.41, 5.74) is 5.41. The van der Waals surface area contributed by atoms with Gasteiger partial charge in [0.15, 0.2) is 0 Å². The van der Waals surface area contributed by atoms with Crippen LogP contribution in [0, 0.1) is 0 Å². The van der Waals surface area contributed by atoms with E-state index in [1.54, 1.807) is 18.9 Å². The van der Waals surface area contributed by atoms with Crippen LogP contribution in [0.4, 0.5) is 16.2 Å². The van der Waals surface area contributed by atoms with Crippen LogP contribution < -0.4 is 10.2 Å². The highest BCUT2D eigenvalue weighted by molar-refractivity contribution is 6.01. The van der Waals surface area contributed by atoms with Gasteiger partial charge in [0.05, 0.1) is 6.61 Å². The van der Waals surface area contributed by atoms with Gasteiger partial charge in [0.2, 0.25) is 5.76 Å². The van der Waals surface area contributed by atoms with Gasteiger partial charge in [-0.3, -0.25) is 4.90 Å². The number of carboxylic acid groups (broad SMARTS) is 1. The molecule has 3 aromatic rings. The van der Waals surface area contributed by atoms with Gasteiger partial charge in [-0.1, -0.05) is 61.9 Å². The first-order valence-corrected chi connectivity index (χ1v) is 11.8. The van der Waals surface area contributed by atoms with E-state index in [0.717, 1.165) is 47.3 Å². The number of nitrogens with one attached hydrogen (secondary N) is 1. The number of aliphatic carboxylic acids is 1. The summed E-state index contributed by atoms with van der Waals surface area (Å²) in [5, 5.41) is 12.2. The Morgan fingerprint density at radius 1 is 0.971 bits per heavy atom. The molecule has 182 valence electrons. The molecule has 0 aliphatic rings. The molecular formula is C29H32N2O4. The zero-order valence-electron chi connectivity index (χ0n) is 20.5. The summed E-state index contributed by atoms with van der Waals surface area (Å²) in [7, 11) is 1.74. The molecular weight excluding hydrogens is 440 g/mol. The van der Waals surface area contributed by atoms with Crippen molar-refractivity contribution in [2.45, 2.75) is 33.1 Å². The molecule has 6 heteroatoms. The number of carbonyl (C=O) groups excluding carboxylic acids is 1. The lowest BCUT2D eigenvalue weighted by Crippen LogP contribution is -2.31. The smallest absolute Gasteiger partial charge is 0.371 e. The number of rotatable bonds is 10. The molecule has 0 aliphatic carbocycles. The fourth-order valence-corrected chi connectivity index (χ4v) is 3.60. The van der Waals surface area contributed by atoms with Crippen LogP contribution in [0.3, 0.4) is 0 Å². The van der Waals surface area contributed by atoms with E-state index in [-0.39, 0.29) is 18.4 Å². The predicted octanol–water partition coefficient (Wildman–Crippen LogP) is 6.83. The molecule has 35 heavy (non-hydrogen) atoms. The summed E-state index contributed by atoms with van der Waals surface area (Å²) in [6, 6.07) is 23.0. The summed E-state index contributed by atoms with van der Waals surface area (Å²) in [6.07, 6.45) is 4.85. The molecule has 0 atom stereocenters. The first-order valence-electron chi connectivity index (χ1n) is 11.8. The van der Waals surface area contributed by atoms with Crippen LogP contribution in [0.1, 0.15) is 37.8 Å². The Kier molecular flexibility index (Phi) is 9.07. The molecule has 6 nitrogen and oxygen atoms in total. The standard InChI is InChI=1S/C29H32N2O4/c1-4-6-8-21-13-17-25(18-14-21)30-29(34)31(3)26-10-7-9-24(20-26)23-15-11-22(12-16-23)19-27(28(32)33)35-5-2/h7,9-20H,4-6,8H2,1-3H3,(H,30,34)(H,32,33)/b27-19-. The molecule has 2 N–H and O–H groups in total. The number of carboxylic acids is 1. The maximum Gasteiger partial charge on any atom is 0.371 e. The van der Waals surface area contributed by atoms with Gasteiger partial charge in [-0.25, -0.2) is 9.59 Å². The van der Waals surface area contributed by atoms with Gasteiger partial charge < -0.3 is 15.2 Å². The third kappa shape index (κ3) is 7.21. The van der Waals surface area contributed by atoms with E-state index in [2.05, 4.69) is 24.4 Å². The van der Waals surface area contributed by atoms with E-state index in [1.807, 2.05) is 60.7 Å². The normalized spacial score (nSPS) is 11.1. The van der Waals surface area contributed by atoms with Gasteiger partial charge in [0.25, 0.3) is 0 Å². The Balaban J connectivity index is 1.70. The number of urea groups is 1. The molecule has 3 aromatic carbocycles. The Hall–Kier alpha value is -4.06. The Labute approximate surface area is 206 Å². The van der Waals surface area contributed by atoms with Crippen molar-refractivity contribution in [3.63, 3.8) is 0 Å². The zero-order valence-corrected chi connectivity index (χ0v) is 20.5. The SMILES string of the molecule is CCCCc1ccc(NC(=O)N(C)c2cccc(-c3ccc(/C=C(\OCC)C(=O)O)cc3)c2)cc1. The number of nitrogens with zero attached hydrogens (tertiary/aromatic N) is 1. The lowest BCUT2D eigenvalue weighted by molar-refractivity contribution is -0.136. The highest BCUT2D eigenvalue weighted by atomic mass is 16.5. The second kappa shape index (κ2) is 12.4. The molecule has 0 unspecified atom stereocenters. The number of hydrogen-bond acceptors (Lipinski definition) is 3. The average molecular weight is 473 g/mol. The minimum absolute atomic E-state index is 0.0921. The largest absolute Gasteiger partial charge is 0.487 e. The van der Waals surface area contributed by atoms with Crippen molar-refractivity contribution in [2.75, 3.05) is 23.9 Å². The second-order valence-electron chi connectivity index (χ2n) is 8.21. The zero-order chi connectivity index (χ0) is 25.2. The van der Waals surface area contributed by atoms with Gasteiger partial charge in [0, 0.05) is 18.4 Å². The van der Waals surface area contributed by atoms with Crippen molar-refractivity contribution in [1.29, 1.82) is 0 Å². The van der Waals surface area contributed by atoms with Crippen LogP contribution in [0.15, 0.2) is 78.6 Å². The van der Waals surface area contributed by atoms with Crippen molar-refractivity contribution in [2.24, 2.45) is 0 Å². The molecule has 0 saturated carbocycles. The fourth-order valence-electron chi connectivity index (χ4n) is 3.60. The maximum atomic E-state index is 12.8. The lowest BCUT2D eigenvalue weighted by atomic mass is 10.0. The first-order chi connectivity index (χ1) is 16.9. The van der Waals surface area contributed by atoms with E-state index >= 15 is 0 Å². The maximum absolute atomic E-state index is 12.8. The summed E-state index contributed by atoms with van der Waals surface area (Å²) in [4.78, 5) is 25.7. The van der Waals surface area contributed by atoms with Gasteiger partial charge in [-0.05, 0) is 72.4 Å². The minimum Gasteiger partial charge on any atom is -0.487 e. The quantitative estimate of drug-likeness (QED) is 0.250. The van der Waals surface area contributed by atoms with Crippen molar-refractivity contribution >= 4 is 29.5 Å². The number of amides is 2. The van der Waals surface area contributed by atoms with Crippen LogP contribution in [-0.4, -0.2) is 30.8 Å². The number of aryl methyl sites for hydroxylation is 1. The molecule has 0 aromatic heterocycles. The van der Waals surface area contributed by atoms with E-state index in [1.165, 1.54) is 11.6 Å². The van der Waals surface area contributed by atoms with E-state index < -0.39 is 5.97 Å². The molecule has 0 heterocycles. The Bertz CT molecular complexity index is 1170. The third-order valence-electron chi connectivity index (χ3n) is 5.61. The summed E-state index contributed by atoms with van der Waals surface area (Å²) in [5.74, 6) is -1.19. The monoisotopic (exact) mass is 472 g/mol. The summed E-state index contributed by atoms with van der Waals surface area (Å²) >= 11 is 0. The Morgan fingerprint density at radius 2 is 1.69 bits per heavy atom. The molecule has 0 spiro atoms. The number of hydrogen-bond donors (Lipinski definition) is 2. The van der Waals surface area contributed by atoms with Crippen molar-refractivity contribution < 1.29 is 19.4 Å². The second-order valence-corrected chi connectivity index (χ2v) is 8.21. The van der Waals surface area contributed by atoms with Crippen LogP contribution in [-0.2, 0) is 16.0 Å². The molecule has 0 bridgehead atoms. The number of unbranched alkanes of at least 4 members (excludes halogenated alkanes) is 1. The molecule has 0 aliphatic heterocycles. The topological polar surface area (TPSA) is 78.9 Å².